The number of aliphatic imine (C=N–C) groups is 1. The minimum absolute atomic E-state index is 0.222. The molecule has 0 unspecified atom stereocenters. The first-order valence-corrected chi connectivity index (χ1v) is 10.6. The summed E-state index contributed by atoms with van der Waals surface area (Å²) in [5.74, 6) is -0.100. The summed E-state index contributed by atoms with van der Waals surface area (Å²) >= 11 is 0. The van der Waals surface area contributed by atoms with E-state index in [1.807, 2.05) is 12.1 Å². The summed E-state index contributed by atoms with van der Waals surface area (Å²) in [5.41, 5.74) is 6.51. The number of aliphatic carboxylic acids is 1. The van der Waals surface area contributed by atoms with E-state index in [2.05, 4.69) is 65.6 Å². The average molecular weight is 412 g/mol. The van der Waals surface area contributed by atoms with E-state index in [0.717, 1.165) is 35.7 Å². The van der Waals surface area contributed by atoms with Gasteiger partial charge in [-0.2, -0.15) is 0 Å². The van der Waals surface area contributed by atoms with Gasteiger partial charge < -0.3 is 9.84 Å². The van der Waals surface area contributed by atoms with Crippen molar-refractivity contribution in [2.45, 2.75) is 13.0 Å². The number of rotatable bonds is 6. The summed E-state index contributed by atoms with van der Waals surface area (Å²) in [4.78, 5) is 18.0. The van der Waals surface area contributed by atoms with Crippen molar-refractivity contribution in [3.8, 4) is 5.75 Å². The highest BCUT2D eigenvalue weighted by molar-refractivity contribution is 6.04. The molecule has 2 aliphatic heterocycles. The number of carbonyl (C=O) groups is 1. The first-order chi connectivity index (χ1) is 15.1. The van der Waals surface area contributed by atoms with Crippen LogP contribution in [0.4, 0.5) is 5.69 Å². The highest BCUT2D eigenvalue weighted by Crippen LogP contribution is 2.33. The summed E-state index contributed by atoms with van der Waals surface area (Å²) in [5, 5.41) is 9.01. The molecule has 0 aliphatic carbocycles. The van der Waals surface area contributed by atoms with E-state index in [1.165, 1.54) is 16.7 Å². The largest absolute Gasteiger partial charge is 0.485 e. The van der Waals surface area contributed by atoms with Crippen LogP contribution in [0.2, 0.25) is 0 Å². The van der Waals surface area contributed by atoms with Crippen LogP contribution in [0.1, 0.15) is 22.3 Å². The molecule has 156 valence electrons. The lowest BCUT2D eigenvalue weighted by atomic mass is 9.99. The number of fused-ring (bicyclic) bond motifs is 1. The van der Waals surface area contributed by atoms with Crippen LogP contribution in [0.25, 0.3) is 0 Å². The van der Waals surface area contributed by atoms with Crippen molar-refractivity contribution in [1.29, 1.82) is 0 Å². The smallest absolute Gasteiger partial charge is 0.309 e. The van der Waals surface area contributed by atoms with Crippen molar-refractivity contribution in [2.75, 3.05) is 19.7 Å². The molecule has 0 amide bonds. The zero-order valence-corrected chi connectivity index (χ0v) is 17.2. The molecule has 5 rings (SSSR count). The van der Waals surface area contributed by atoms with Crippen molar-refractivity contribution in [3.63, 3.8) is 0 Å². The van der Waals surface area contributed by atoms with Gasteiger partial charge in [0.15, 0.2) is 0 Å². The fourth-order valence-electron chi connectivity index (χ4n) is 4.10. The summed E-state index contributed by atoms with van der Waals surface area (Å²) in [7, 11) is 0. The van der Waals surface area contributed by atoms with Gasteiger partial charge in [0.05, 0.1) is 11.6 Å². The van der Waals surface area contributed by atoms with Crippen molar-refractivity contribution in [3.05, 3.63) is 95.1 Å². The zero-order valence-electron chi connectivity index (χ0n) is 17.2. The lowest BCUT2D eigenvalue weighted by Gasteiger charge is -2.36. The Morgan fingerprint density at radius 3 is 2.45 bits per heavy atom. The van der Waals surface area contributed by atoms with Crippen molar-refractivity contribution < 1.29 is 14.6 Å². The molecule has 0 bridgehead atoms. The molecular formula is C26H24N2O3. The molecule has 3 aromatic carbocycles. The zero-order chi connectivity index (χ0) is 21.2. The lowest BCUT2D eigenvalue weighted by molar-refractivity contribution is -0.147. The van der Waals surface area contributed by atoms with E-state index in [0.29, 0.717) is 19.7 Å². The number of likely N-dealkylation sites (tertiary alicyclic amines) is 1. The Kier molecular flexibility index (Phi) is 5.26. The van der Waals surface area contributed by atoms with Crippen LogP contribution in [-0.4, -0.2) is 41.4 Å². The first-order valence-electron chi connectivity index (χ1n) is 10.6. The van der Waals surface area contributed by atoms with Crippen LogP contribution in [0, 0.1) is 5.92 Å². The second kappa shape index (κ2) is 8.36. The molecule has 31 heavy (non-hydrogen) atoms. The number of hydrogen-bond acceptors (Lipinski definition) is 4. The van der Waals surface area contributed by atoms with Gasteiger partial charge in [-0.05, 0) is 40.8 Å². The number of ether oxygens (including phenoxy) is 1. The molecule has 0 aromatic heterocycles. The van der Waals surface area contributed by atoms with Crippen LogP contribution in [0.3, 0.4) is 0 Å². The van der Waals surface area contributed by atoms with E-state index in [-0.39, 0.29) is 5.92 Å². The van der Waals surface area contributed by atoms with E-state index in [9.17, 15) is 4.79 Å². The molecule has 5 heteroatoms. The average Bonchev–Trinajstić information content (AvgIpc) is 2.76. The quantitative estimate of drug-likeness (QED) is 0.656. The summed E-state index contributed by atoms with van der Waals surface area (Å²) in [6, 6.07) is 25.0. The Bertz CT molecular complexity index is 1120. The van der Waals surface area contributed by atoms with E-state index in [4.69, 9.17) is 14.8 Å². The standard InChI is InChI=1S/C26H24N2O3/c29-26(30)22-15-28(16-22)14-19-6-9-21(10-7-19)24-17-31-25-11-8-20(13-23(25)27-24)12-18-4-2-1-3-5-18/h1-11,13,22H,12,14-17H2,(H,29,30). The number of nitrogens with zero attached hydrogens (tertiary/aromatic N) is 2. The van der Waals surface area contributed by atoms with Gasteiger partial charge in [0.1, 0.15) is 18.0 Å². The van der Waals surface area contributed by atoms with Crippen LogP contribution in [0.5, 0.6) is 5.75 Å². The van der Waals surface area contributed by atoms with Crippen molar-refractivity contribution in [1.82, 2.24) is 4.90 Å². The second-order valence-corrected chi connectivity index (χ2v) is 8.24. The fourth-order valence-corrected chi connectivity index (χ4v) is 4.10. The monoisotopic (exact) mass is 412 g/mol. The van der Waals surface area contributed by atoms with Gasteiger partial charge in [-0.1, -0.05) is 60.7 Å². The maximum atomic E-state index is 10.9. The molecule has 1 N–H and O–H groups in total. The lowest BCUT2D eigenvalue weighted by Crippen LogP contribution is -2.49. The van der Waals surface area contributed by atoms with Gasteiger partial charge in [-0.25, -0.2) is 4.99 Å². The van der Waals surface area contributed by atoms with Gasteiger partial charge >= 0.3 is 5.97 Å². The Hall–Kier alpha value is -3.44. The van der Waals surface area contributed by atoms with Crippen LogP contribution in [-0.2, 0) is 17.8 Å². The number of benzene rings is 3. The molecular weight excluding hydrogens is 388 g/mol. The minimum atomic E-state index is -0.700. The second-order valence-electron chi connectivity index (χ2n) is 8.24. The molecule has 3 aromatic rings. The summed E-state index contributed by atoms with van der Waals surface area (Å²) < 4.78 is 5.96. The summed E-state index contributed by atoms with van der Waals surface area (Å²) in [6.45, 7) is 2.48. The van der Waals surface area contributed by atoms with Gasteiger partial charge in [0, 0.05) is 19.6 Å². The third-order valence-corrected chi connectivity index (χ3v) is 5.89. The van der Waals surface area contributed by atoms with E-state index >= 15 is 0 Å². The fraction of sp³-hybridized carbons (Fsp3) is 0.231. The van der Waals surface area contributed by atoms with Crippen LogP contribution < -0.4 is 4.74 Å². The molecule has 2 aliphatic rings. The Balaban J connectivity index is 1.28. The Morgan fingerprint density at radius 2 is 1.71 bits per heavy atom. The maximum absolute atomic E-state index is 10.9. The third kappa shape index (κ3) is 4.37. The maximum Gasteiger partial charge on any atom is 0.309 e. The number of carboxylic acids is 1. The van der Waals surface area contributed by atoms with Crippen LogP contribution in [0.15, 0.2) is 77.8 Å². The molecule has 0 radical (unpaired) electrons. The molecule has 0 atom stereocenters. The molecule has 5 nitrogen and oxygen atoms in total. The third-order valence-electron chi connectivity index (χ3n) is 5.89. The normalized spacial score (nSPS) is 16.1. The van der Waals surface area contributed by atoms with Gasteiger partial charge in [-0.3, -0.25) is 9.69 Å². The Labute approximate surface area is 181 Å². The highest BCUT2D eigenvalue weighted by Gasteiger charge is 2.32. The van der Waals surface area contributed by atoms with Gasteiger partial charge in [0.2, 0.25) is 0 Å². The highest BCUT2D eigenvalue weighted by atomic mass is 16.5. The summed E-state index contributed by atoms with van der Waals surface area (Å²) in [6.07, 6.45) is 0.868. The predicted octanol–water partition coefficient (Wildman–Crippen LogP) is 4.31. The first kappa shape index (κ1) is 19.5. The van der Waals surface area contributed by atoms with Gasteiger partial charge in [0.25, 0.3) is 0 Å². The van der Waals surface area contributed by atoms with E-state index in [1.54, 1.807) is 0 Å². The van der Waals surface area contributed by atoms with Crippen molar-refractivity contribution in [2.24, 2.45) is 10.9 Å². The topological polar surface area (TPSA) is 62.1 Å². The van der Waals surface area contributed by atoms with Crippen LogP contribution >= 0.6 is 0 Å². The molecule has 1 fully saturated rings. The molecule has 2 heterocycles. The molecule has 0 spiro atoms. The molecule has 0 saturated carbocycles. The predicted molar refractivity (Wildman–Crippen MR) is 120 cm³/mol. The molecule has 1 saturated heterocycles. The van der Waals surface area contributed by atoms with Crippen molar-refractivity contribution >= 4 is 17.4 Å². The number of hydrogen-bond donors (Lipinski definition) is 1. The van der Waals surface area contributed by atoms with Gasteiger partial charge in [-0.15, -0.1) is 0 Å². The minimum Gasteiger partial charge on any atom is -0.485 e. The van der Waals surface area contributed by atoms with E-state index < -0.39 is 5.97 Å². The number of carboxylic acid groups (broad SMARTS) is 1. The SMILES string of the molecule is O=C(O)C1CN(Cc2ccc(C3=Nc4cc(Cc5ccccc5)ccc4OC3)cc2)C1. The Morgan fingerprint density at radius 1 is 0.968 bits per heavy atom.